The second-order valence-corrected chi connectivity index (χ2v) is 36.9. The van der Waals surface area contributed by atoms with E-state index >= 15 is 0 Å². The fraction of sp³-hybridized carbons (Fsp3) is 0.0227. The zero-order chi connectivity index (χ0) is 92.9. The monoisotopic (exact) mass is 1800 g/mol. The van der Waals surface area contributed by atoms with Crippen LogP contribution < -0.4 is 14.2 Å². The Morgan fingerprint density at radius 2 is 0.567 bits per heavy atom. The molecule has 20 aromatic carbocycles. The summed E-state index contributed by atoms with van der Waals surface area (Å²) in [6.45, 7) is 0. The second-order valence-electron chi connectivity index (χ2n) is 36.9. The molecule has 3 aliphatic heterocycles. The molecule has 0 fully saturated rings. The van der Waals surface area contributed by atoms with Gasteiger partial charge in [0, 0.05) is 100 Å². The smallest absolute Gasteiger partial charge is 0.160 e. The average molecular weight is 1800 g/mol. The molecular formula is C132H82N6O3. The van der Waals surface area contributed by atoms with Gasteiger partial charge in [0.25, 0.3) is 0 Å². The van der Waals surface area contributed by atoms with Gasteiger partial charge in [0.15, 0.2) is 5.82 Å². The van der Waals surface area contributed by atoms with Crippen LogP contribution >= 0.6 is 0 Å². The van der Waals surface area contributed by atoms with Crippen molar-refractivity contribution in [3.8, 4) is 152 Å². The molecule has 3 aliphatic carbocycles. The van der Waals surface area contributed by atoms with Crippen LogP contribution in [-0.4, -0.2) is 29.5 Å². The molecule has 0 amide bonds. The van der Waals surface area contributed by atoms with Gasteiger partial charge in [-0.2, -0.15) is 0 Å². The van der Waals surface area contributed by atoms with E-state index in [0.717, 1.165) is 173 Å². The molecule has 0 unspecified atom stereocenters. The van der Waals surface area contributed by atoms with Crippen LogP contribution in [0.3, 0.4) is 0 Å². The number of hydrogen-bond acceptors (Lipinski definition) is 8. The van der Waals surface area contributed by atoms with Gasteiger partial charge in [-0.1, -0.05) is 419 Å². The molecule has 7 heterocycles. The summed E-state index contributed by atoms with van der Waals surface area (Å²) in [6, 6.07) is 174. The highest BCUT2D eigenvalue weighted by Gasteiger charge is 2.55. The predicted octanol–water partition coefficient (Wildman–Crippen LogP) is 32.5. The fourth-order valence-corrected chi connectivity index (χ4v) is 23.8. The molecule has 0 radical (unpaired) electrons. The van der Waals surface area contributed by atoms with Gasteiger partial charge in [-0.15, -0.1) is 0 Å². The van der Waals surface area contributed by atoms with Crippen LogP contribution in [0, 0.1) is 0 Å². The fourth-order valence-electron chi connectivity index (χ4n) is 23.8. The summed E-state index contributed by atoms with van der Waals surface area (Å²) in [5, 5.41) is 3.19. The van der Waals surface area contributed by atoms with Crippen molar-refractivity contribution in [1.29, 1.82) is 0 Å². The van der Waals surface area contributed by atoms with E-state index in [2.05, 4.69) is 458 Å². The van der Waals surface area contributed by atoms with Crippen molar-refractivity contribution >= 4 is 43.7 Å². The lowest BCUT2D eigenvalue weighted by Crippen LogP contribution is -2.32. The first-order valence-corrected chi connectivity index (χ1v) is 48.1. The highest BCUT2D eigenvalue weighted by atomic mass is 16.5. The maximum absolute atomic E-state index is 6.95. The number of benzene rings is 20. The molecule has 24 aromatic rings. The van der Waals surface area contributed by atoms with Crippen molar-refractivity contribution in [1.82, 2.24) is 29.5 Å². The molecule has 0 saturated heterocycles. The van der Waals surface area contributed by atoms with Crippen LogP contribution in [0.5, 0.6) is 34.5 Å². The lowest BCUT2D eigenvalue weighted by atomic mass is 9.65. The maximum Gasteiger partial charge on any atom is 0.160 e. The van der Waals surface area contributed by atoms with Crippen LogP contribution in [-0.2, 0) is 16.2 Å². The molecule has 9 heteroatoms. The quantitative estimate of drug-likeness (QED) is 0.139. The lowest BCUT2D eigenvalue weighted by molar-refractivity contribution is 0.438. The summed E-state index contributed by atoms with van der Waals surface area (Å²) in [4.78, 5) is 25.0. The standard InChI is InChI=1S/C45H28N2O.C44H28N2O.C43H26N2O/c1-2-14-29(15-3-1)44-46-40-26-10-6-20-35(40)42(47-44)31-17-12-16-30(28-31)32-21-13-25-39-43(32)48-41-27-11-9-24-38(41)45(39)36-22-7-4-18-33(36)34-19-5-8-23-37(34)45;1-2-14-29(15-3-1)43-45-39-25-9-10-26-40(39)46(43)31-17-12-16-30(28-31)32-20-13-24-38-42(32)47-41-27-11-8-23-37(41)44(38)35-21-6-4-18-33(35)34-19-5-7-22-36(34)44;1-3-16-34-32(13-1)33-14-2-4-17-35(33)43(34)36-18-5-6-20-39(36)46-42-31(15-8-19-37(42)43)29-10-7-11-30(26-29)38-24-23-28-22-21-27-12-9-25-44-40(27)41(28)45-38/h1-28H;1-28H;1-26H. The number of para-hydroxylation sites is 9. The number of rotatable bonds is 8. The van der Waals surface area contributed by atoms with Gasteiger partial charge in [0.2, 0.25) is 0 Å². The molecule has 658 valence electrons. The van der Waals surface area contributed by atoms with Crippen molar-refractivity contribution in [2.45, 2.75) is 16.2 Å². The van der Waals surface area contributed by atoms with Crippen LogP contribution in [0.15, 0.2) is 498 Å². The van der Waals surface area contributed by atoms with Crippen molar-refractivity contribution < 1.29 is 14.2 Å². The van der Waals surface area contributed by atoms with E-state index in [1.165, 1.54) is 83.5 Å². The van der Waals surface area contributed by atoms with E-state index in [4.69, 9.17) is 34.1 Å². The van der Waals surface area contributed by atoms with E-state index in [-0.39, 0.29) is 0 Å². The zero-order valence-corrected chi connectivity index (χ0v) is 76.3. The Bertz CT molecular complexity index is 9140. The normalized spacial score (nSPS) is 13.4. The van der Waals surface area contributed by atoms with Gasteiger partial charge in [0.1, 0.15) is 40.3 Å². The van der Waals surface area contributed by atoms with Gasteiger partial charge in [-0.05, 0) is 156 Å². The van der Waals surface area contributed by atoms with Crippen molar-refractivity contribution in [3.05, 3.63) is 564 Å². The number of fused-ring (bicyclic) bond motifs is 32. The van der Waals surface area contributed by atoms with E-state index in [1.807, 2.05) is 48.7 Å². The van der Waals surface area contributed by atoms with Crippen molar-refractivity contribution in [2.75, 3.05) is 0 Å². The third kappa shape index (κ3) is 12.3. The predicted molar refractivity (Wildman–Crippen MR) is 568 cm³/mol. The molecule has 141 heavy (non-hydrogen) atoms. The van der Waals surface area contributed by atoms with Crippen LogP contribution in [0.2, 0.25) is 0 Å². The molecule has 0 atom stereocenters. The summed E-state index contributed by atoms with van der Waals surface area (Å²) in [7, 11) is 0. The third-order valence-electron chi connectivity index (χ3n) is 29.6. The van der Waals surface area contributed by atoms with E-state index in [0.29, 0.717) is 5.82 Å². The Labute approximate surface area is 814 Å². The molecule has 0 bridgehead atoms. The van der Waals surface area contributed by atoms with Crippen LogP contribution in [0.4, 0.5) is 0 Å². The zero-order valence-electron chi connectivity index (χ0n) is 76.3. The molecule has 6 aliphatic rings. The minimum atomic E-state index is -0.502. The lowest BCUT2D eigenvalue weighted by Gasteiger charge is -2.40. The number of pyridine rings is 2. The largest absolute Gasteiger partial charge is 0.456 e. The molecule has 0 N–H and O–H groups in total. The summed E-state index contributed by atoms with van der Waals surface area (Å²) in [6.07, 6.45) is 1.83. The first-order chi connectivity index (χ1) is 69.9. The van der Waals surface area contributed by atoms with Gasteiger partial charge in [-0.25, -0.2) is 19.9 Å². The minimum Gasteiger partial charge on any atom is -0.456 e. The van der Waals surface area contributed by atoms with E-state index in [1.54, 1.807) is 0 Å². The Morgan fingerprint density at radius 1 is 0.213 bits per heavy atom. The van der Waals surface area contributed by atoms with Gasteiger partial charge >= 0.3 is 0 Å². The topological polar surface area (TPSA) is 97.1 Å². The molecule has 3 spiro atoms. The van der Waals surface area contributed by atoms with E-state index < -0.39 is 16.2 Å². The Kier molecular flexibility index (Phi) is 18.5. The van der Waals surface area contributed by atoms with E-state index in [9.17, 15) is 0 Å². The average Bonchev–Trinajstić information content (AvgIpc) is 1.53. The number of hydrogen-bond donors (Lipinski definition) is 0. The Balaban J connectivity index is 0.000000104. The summed E-state index contributed by atoms with van der Waals surface area (Å²) < 4.78 is 23.1. The summed E-state index contributed by atoms with van der Waals surface area (Å²) in [5.74, 6) is 6.98. The number of imidazole rings is 1. The molecule has 30 rings (SSSR count). The van der Waals surface area contributed by atoms with Gasteiger partial charge in [0.05, 0.1) is 55.2 Å². The molecule has 9 nitrogen and oxygen atoms in total. The van der Waals surface area contributed by atoms with Crippen LogP contribution in [0.25, 0.3) is 161 Å². The van der Waals surface area contributed by atoms with Crippen molar-refractivity contribution in [3.63, 3.8) is 0 Å². The number of nitrogens with zero attached hydrogens (tertiary/aromatic N) is 6. The molecule has 0 saturated carbocycles. The summed E-state index contributed by atoms with van der Waals surface area (Å²) >= 11 is 0. The maximum atomic E-state index is 6.95. The SMILES string of the molecule is c1cc(-c2ccc3ccc4cccnc4c3n2)cc(-c2cccc3c2Oc2ccccc2C32c3ccccc3-c3ccccc32)c1.c1ccc(-c2nc(-c3cccc(-c4cccc5c4Oc4ccccc4C54c5ccccc5-c5ccccc54)c3)c3ccccc3n2)cc1.c1ccc(-c2nc3ccccc3n2-c2cccc(-c3cccc4c3Oc3ccccc3C43c4ccccc4-c4ccccc43)c2)cc1. The number of ether oxygens (including phenoxy) is 3. The Morgan fingerprint density at radius 3 is 1.06 bits per heavy atom. The number of aromatic nitrogens is 6. The third-order valence-corrected chi connectivity index (χ3v) is 29.6. The summed E-state index contributed by atoms with van der Waals surface area (Å²) in [5.41, 5.74) is 39.1. The second kappa shape index (κ2) is 32.3. The highest BCUT2D eigenvalue weighted by Crippen LogP contribution is 2.68. The highest BCUT2D eigenvalue weighted by molar-refractivity contribution is 6.04. The molecule has 4 aromatic heterocycles. The first kappa shape index (κ1) is 80.8. The first-order valence-electron chi connectivity index (χ1n) is 48.1. The minimum absolute atomic E-state index is 0.487. The van der Waals surface area contributed by atoms with Crippen LogP contribution in [0.1, 0.15) is 66.8 Å². The van der Waals surface area contributed by atoms with Gasteiger partial charge < -0.3 is 14.2 Å². The Hall–Kier alpha value is -18.6. The van der Waals surface area contributed by atoms with Gasteiger partial charge in [-0.3, -0.25) is 9.55 Å². The van der Waals surface area contributed by atoms with Crippen molar-refractivity contribution in [2.24, 2.45) is 0 Å². The molecular weight excluding hydrogens is 1720 g/mol.